The predicted molar refractivity (Wildman–Crippen MR) is 209 cm³/mol. The van der Waals surface area contributed by atoms with Gasteiger partial charge in [0.2, 0.25) is 11.8 Å². The number of nitrogens with zero attached hydrogens (tertiary/aromatic N) is 1. The molecule has 1 saturated carbocycles. The van der Waals surface area contributed by atoms with Crippen molar-refractivity contribution in [1.29, 1.82) is 0 Å². The number of carboxylic acids is 1. The topological polar surface area (TPSA) is 172 Å². The maximum Gasteiger partial charge on any atom is 0.408 e. The highest BCUT2D eigenvalue weighted by Crippen LogP contribution is 2.31. The second kappa shape index (κ2) is 20.6. The molecule has 0 radical (unpaired) electrons. The van der Waals surface area contributed by atoms with E-state index in [4.69, 9.17) is 9.26 Å². The van der Waals surface area contributed by atoms with Crippen LogP contribution in [0.1, 0.15) is 69.2 Å². The van der Waals surface area contributed by atoms with E-state index >= 15 is 0 Å². The van der Waals surface area contributed by atoms with Crippen LogP contribution in [0.15, 0.2) is 85.3 Å². The summed E-state index contributed by atoms with van der Waals surface area (Å²) in [7, 11) is -0.136. The van der Waals surface area contributed by atoms with Gasteiger partial charge in [-0.15, -0.1) is 0 Å². The van der Waals surface area contributed by atoms with Gasteiger partial charge in [-0.3, -0.25) is 14.4 Å². The van der Waals surface area contributed by atoms with Crippen LogP contribution in [0.5, 0.6) is 0 Å². The van der Waals surface area contributed by atoms with E-state index in [2.05, 4.69) is 25.9 Å². The quantitative estimate of drug-likeness (QED) is 0.0533. The van der Waals surface area contributed by atoms with Crippen molar-refractivity contribution in [2.24, 2.45) is 17.8 Å². The van der Waals surface area contributed by atoms with Gasteiger partial charge in [-0.2, -0.15) is 0 Å². The minimum Gasteiger partial charge on any atom is -0.481 e. The molecule has 0 spiro atoms. The zero-order valence-corrected chi connectivity index (χ0v) is 32.0. The van der Waals surface area contributed by atoms with Crippen molar-refractivity contribution in [3.05, 3.63) is 102 Å². The number of aliphatic carboxylic acids is 1. The number of amides is 3. The lowest BCUT2D eigenvalue weighted by atomic mass is 9.86. The standard InChI is InChI=1S/C41H52N5O7P/c1-27(2)34(40(49)50)25-54-53-37(20-28-12-5-3-6-13-28)46-39(48)36(22-32-23-42-26-43-32)44-38(47)35(45-41(51)52-24-29-14-7-4-8-15-29)21-31-18-11-17-30-16-9-10-19-33(30)31/h4,7-11,14-19,23,26-28,34-37,54H,3,5-6,12-13,20-22,24-25H2,1-2H3,(H,42,43)(H,44,47)(H,45,51)(H,46,48)(H,49,50)/t34?,35?,36-,37?/m0/s1. The van der Waals surface area contributed by atoms with Gasteiger partial charge in [0.15, 0.2) is 0 Å². The number of H-pyrrole nitrogens is 1. The Kier molecular flexibility index (Phi) is 15.4. The van der Waals surface area contributed by atoms with Crippen LogP contribution in [0, 0.1) is 17.8 Å². The monoisotopic (exact) mass is 757 g/mol. The number of hydrogen-bond acceptors (Lipinski definition) is 7. The molecule has 1 aromatic heterocycles. The SMILES string of the molecule is CC(C)C(CPOC(CC1CCCCC1)NC(=O)[C@H](Cc1cnc[nH]1)NC(=O)C(Cc1cccc2ccccc12)NC(=O)OCc1ccccc1)C(=O)O. The number of nitrogens with one attached hydrogen (secondary N) is 4. The van der Waals surface area contributed by atoms with Crippen molar-refractivity contribution in [2.75, 3.05) is 6.16 Å². The first-order valence-corrected chi connectivity index (χ1v) is 19.9. The fraction of sp³-hybridized carbons (Fsp3) is 0.439. The summed E-state index contributed by atoms with van der Waals surface area (Å²) in [5.41, 5.74) is 2.27. The highest BCUT2D eigenvalue weighted by molar-refractivity contribution is 7.32. The number of imidazole rings is 1. The molecule has 1 aliphatic rings. The van der Waals surface area contributed by atoms with Crippen LogP contribution in [-0.4, -0.2) is 63.4 Å². The molecule has 3 aromatic carbocycles. The van der Waals surface area contributed by atoms with Crippen molar-refractivity contribution in [2.45, 2.75) is 90.1 Å². The molecule has 1 aliphatic carbocycles. The zero-order valence-electron chi connectivity index (χ0n) is 31.0. The first-order chi connectivity index (χ1) is 26.2. The number of fused-ring (bicyclic) bond motifs is 1. The van der Waals surface area contributed by atoms with E-state index in [1.54, 1.807) is 6.20 Å². The molecule has 0 aliphatic heterocycles. The Morgan fingerprint density at radius 3 is 2.30 bits per heavy atom. The van der Waals surface area contributed by atoms with Gasteiger partial charge in [-0.1, -0.05) is 119 Å². The van der Waals surface area contributed by atoms with Crippen LogP contribution in [0.4, 0.5) is 4.79 Å². The minimum absolute atomic E-state index is 0.0214. The summed E-state index contributed by atoms with van der Waals surface area (Å²) in [6.45, 7) is 3.77. The van der Waals surface area contributed by atoms with E-state index in [0.717, 1.165) is 47.6 Å². The normalized spacial score (nSPS) is 15.8. The summed E-state index contributed by atoms with van der Waals surface area (Å²) in [6.07, 6.45) is 8.27. The van der Waals surface area contributed by atoms with Crippen LogP contribution in [0.2, 0.25) is 0 Å². The van der Waals surface area contributed by atoms with Crippen molar-refractivity contribution < 1.29 is 33.5 Å². The number of ether oxygens (including phenoxy) is 1. The van der Waals surface area contributed by atoms with E-state index in [9.17, 15) is 24.3 Å². The third-order valence-corrected chi connectivity index (χ3v) is 11.0. The number of aromatic nitrogens is 2. The third kappa shape index (κ3) is 12.4. The summed E-state index contributed by atoms with van der Waals surface area (Å²) in [5, 5.41) is 20.4. The average Bonchev–Trinajstić information content (AvgIpc) is 3.69. The number of alkyl carbamates (subject to hydrolysis) is 1. The highest BCUT2D eigenvalue weighted by atomic mass is 31.1. The Labute approximate surface area is 318 Å². The van der Waals surface area contributed by atoms with Crippen LogP contribution in [0.25, 0.3) is 10.8 Å². The molecular formula is C41H52N5O7P. The van der Waals surface area contributed by atoms with E-state index in [0.29, 0.717) is 24.2 Å². The molecule has 5 rings (SSSR count). The number of carboxylic acid groups (broad SMARTS) is 1. The van der Waals surface area contributed by atoms with Gasteiger partial charge >= 0.3 is 12.1 Å². The zero-order chi connectivity index (χ0) is 38.3. The Balaban J connectivity index is 1.35. The van der Waals surface area contributed by atoms with E-state index < -0.39 is 48.1 Å². The number of aromatic amines is 1. The fourth-order valence-corrected chi connectivity index (χ4v) is 8.15. The summed E-state index contributed by atoms with van der Waals surface area (Å²) < 4.78 is 11.8. The molecule has 1 heterocycles. The Morgan fingerprint density at radius 2 is 1.57 bits per heavy atom. The molecule has 0 saturated heterocycles. The molecule has 5 atom stereocenters. The van der Waals surface area contributed by atoms with Gasteiger partial charge in [0.05, 0.1) is 12.2 Å². The lowest BCUT2D eigenvalue weighted by Crippen LogP contribution is -2.56. The number of benzene rings is 3. The summed E-state index contributed by atoms with van der Waals surface area (Å²) in [6, 6.07) is 20.7. The second-order valence-corrected chi connectivity index (χ2v) is 15.3. The van der Waals surface area contributed by atoms with Gasteiger partial charge in [0.1, 0.15) is 24.9 Å². The van der Waals surface area contributed by atoms with Crippen molar-refractivity contribution >= 4 is 43.5 Å². The summed E-state index contributed by atoms with van der Waals surface area (Å²) in [4.78, 5) is 60.5. The second-order valence-electron chi connectivity index (χ2n) is 14.3. The smallest absolute Gasteiger partial charge is 0.408 e. The van der Waals surface area contributed by atoms with Crippen molar-refractivity contribution in [3.63, 3.8) is 0 Å². The lowest BCUT2D eigenvalue weighted by molar-refractivity contribution is -0.142. The highest BCUT2D eigenvalue weighted by Gasteiger charge is 2.31. The van der Waals surface area contributed by atoms with Crippen molar-refractivity contribution in [3.8, 4) is 0 Å². The molecule has 0 bridgehead atoms. The van der Waals surface area contributed by atoms with Gasteiger partial charge in [0.25, 0.3) is 0 Å². The largest absolute Gasteiger partial charge is 0.481 e. The van der Waals surface area contributed by atoms with E-state index in [1.807, 2.05) is 86.6 Å². The van der Waals surface area contributed by atoms with Gasteiger partial charge in [-0.25, -0.2) is 9.78 Å². The molecule has 13 heteroatoms. The maximum absolute atomic E-state index is 14.2. The van der Waals surface area contributed by atoms with Crippen LogP contribution < -0.4 is 16.0 Å². The van der Waals surface area contributed by atoms with Gasteiger partial charge in [0, 0.05) is 39.7 Å². The molecular weight excluding hydrogens is 705 g/mol. The number of carbonyl (C=O) groups excluding carboxylic acids is 3. The van der Waals surface area contributed by atoms with Crippen LogP contribution in [-0.2, 0) is 43.1 Å². The Morgan fingerprint density at radius 1 is 0.870 bits per heavy atom. The Hall–Kier alpha value is -4.80. The first kappa shape index (κ1) is 40.4. The van der Waals surface area contributed by atoms with Gasteiger partial charge in [-0.05, 0) is 40.2 Å². The molecule has 3 amide bonds. The maximum atomic E-state index is 14.2. The van der Waals surface area contributed by atoms with E-state index in [1.165, 1.54) is 12.7 Å². The molecule has 12 nitrogen and oxygen atoms in total. The van der Waals surface area contributed by atoms with Crippen molar-refractivity contribution in [1.82, 2.24) is 25.9 Å². The molecule has 4 unspecified atom stereocenters. The number of rotatable bonds is 19. The van der Waals surface area contributed by atoms with E-state index in [-0.39, 0.29) is 34.2 Å². The molecule has 54 heavy (non-hydrogen) atoms. The summed E-state index contributed by atoms with van der Waals surface area (Å²) >= 11 is 0. The lowest BCUT2D eigenvalue weighted by Gasteiger charge is -2.29. The predicted octanol–water partition coefficient (Wildman–Crippen LogP) is 6.51. The molecule has 288 valence electrons. The molecule has 1 fully saturated rings. The molecule has 5 N–H and O–H groups in total. The van der Waals surface area contributed by atoms with Crippen LogP contribution in [0.3, 0.4) is 0 Å². The Bertz CT molecular complexity index is 1790. The fourth-order valence-electron chi connectivity index (χ4n) is 6.87. The number of hydrogen-bond donors (Lipinski definition) is 5. The molecule has 4 aromatic rings. The van der Waals surface area contributed by atoms with Crippen LogP contribution >= 0.6 is 8.81 Å². The number of carbonyl (C=O) groups is 4. The van der Waals surface area contributed by atoms with Gasteiger partial charge < -0.3 is 35.3 Å². The minimum atomic E-state index is -1.09. The summed E-state index contributed by atoms with van der Waals surface area (Å²) in [5.74, 6) is -2.17. The average molecular weight is 758 g/mol. The third-order valence-electron chi connectivity index (χ3n) is 9.96. The first-order valence-electron chi connectivity index (χ1n) is 18.8.